The Morgan fingerprint density at radius 2 is 1.66 bits per heavy atom. The van der Waals surface area contributed by atoms with E-state index in [-0.39, 0.29) is 17.4 Å². The third-order valence-corrected chi connectivity index (χ3v) is 10.6. The van der Waals surface area contributed by atoms with Gasteiger partial charge in [-0.2, -0.15) is 0 Å². The molecule has 4 aliphatic rings. The van der Waals surface area contributed by atoms with Crippen molar-refractivity contribution in [3.8, 4) is 0 Å². The molecule has 1 N–H and O–H groups in total. The smallest absolute Gasteiger partial charge is 0.136 e. The summed E-state index contributed by atoms with van der Waals surface area (Å²) < 4.78 is 0. The average molecular weight is 403 g/mol. The van der Waals surface area contributed by atoms with Crippen LogP contribution < -0.4 is 0 Å². The molecule has 0 saturated heterocycles. The molecule has 0 amide bonds. The lowest BCUT2D eigenvalue weighted by molar-refractivity contribution is -0.160. The molecule has 0 spiro atoms. The molecule has 4 saturated carbocycles. The molecule has 0 unspecified atom stereocenters. The summed E-state index contributed by atoms with van der Waals surface area (Å²) in [6.07, 6.45) is 12.8. The van der Waals surface area contributed by atoms with Gasteiger partial charge in [0.25, 0.3) is 0 Å². The number of Topliss-reactive ketones (excluding diaryl/α,β-unsaturated/α-hetero) is 1. The van der Waals surface area contributed by atoms with E-state index in [0.717, 1.165) is 49.4 Å². The summed E-state index contributed by atoms with van der Waals surface area (Å²) in [6.45, 7) is 12.2. The van der Waals surface area contributed by atoms with Crippen molar-refractivity contribution in [2.75, 3.05) is 0 Å². The minimum absolute atomic E-state index is 0.129. The number of aliphatic hydroxyl groups is 1. The first kappa shape index (κ1) is 21.8. The van der Waals surface area contributed by atoms with Crippen molar-refractivity contribution in [2.45, 2.75) is 111 Å². The zero-order chi connectivity index (χ0) is 21.0. The molecule has 4 aliphatic carbocycles. The average Bonchev–Trinajstić information content (AvgIpc) is 3.00. The zero-order valence-corrected chi connectivity index (χ0v) is 19.8. The molecule has 0 radical (unpaired) electrons. The largest absolute Gasteiger partial charge is 0.393 e. The van der Waals surface area contributed by atoms with Gasteiger partial charge in [-0.1, -0.05) is 53.9 Å². The molecule has 2 nitrogen and oxygen atoms in total. The van der Waals surface area contributed by atoms with Crippen molar-refractivity contribution in [3.63, 3.8) is 0 Å². The van der Waals surface area contributed by atoms with Crippen LogP contribution in [0.25, 0.3) is 0 Å². The normalized spacial score (nSPS) is 48.2. The molecule has 0 aromatic carbocycles. The second kappa shape index (κ2) is 7.95. The van der Waals surface area contributed by atoms with Crippen molar-refractivity contribution < 1.29 is 9.90 Å². The summed E-state index contributed by atoms with van der Waals surface area (Å²) in [4.78, 5) is 13.2. The Morgan fingerprint density at radius 1 is 0.966 bits per heavy atom. The Kier molecular flexibility index (Phi) is 5.99. The van der Waals surface area contributed by atoms with Crippen LogP contribution in [-0.2, 0) is 4.79 Å². The Balaban J connectivity index is 1.50. The molecule has 0 heterocycles. The van der Waals surface area contributed by atoms with Gasteiger partial charge in [-0.3, -0.25) is 4.79 Å². The number of carbonyl (C=O) groups is 1. The maximum atomic E-state index is 13.2. The number of carbonyl (C=O) groups excluding carboxylic acids is 1. The van der Waals surface area contributed by atoms with E-state index in [1.54, 1.807) is 0 Å². The minimum atomic E-state index is -0.245. The van der Waals surface area contributed by atoms with E-state index < -0.39 is 0 Å². The highest BCUT2D eigenvalue weighted by Gasteiger charge is 2.62. The van der Waals surface area contributed by atoms with E-state index in [2.05, 4.69) is 34.6 Å². The van der Waals surface area contributed by atoms with E-state index in [1.807, 2.05) is 0 Å². The van der Waals surface area contributed by atoms with Gasteiger partial charge in [0.05, 0.1) is 6.10 Å². The van der Waals surface area contributed by atoms with E-state index in [0.29, 0.717) is 23.0 Å². The zero-order valence-electron chi connectivity index (χ0n) is 19.8. The summed E-state index contributed by atoms with van der Waals surface area (Å²) >= 11 is 0. The lowest BCUT2D eigenvalue weighted by Crippen LogP contribution is -2.57. The molecule has 0 bridgehead atoms. The molecule has 2 heteroatoms. The summed E-state index contributed by atoms with van der Waals surface area (Å²) in [5, 5.41) is 10.2. The second-order valence-electron chi connectivity index (χ2n) is 12.6. The van der Waals surface area contributed by atoms with Crippen LogP contribution in [0, 0.1) is 52.3 Å². The topological polar surface area (TPSA) is 37.3 Å². The molecule has 0 aromatic heterocycles. The van der Waals surface area contributed by atoms with Crippen LogP contribution in [0.5, 0.6) is 0 Å². The van der Waals surface area contributed by atoms with Crippen molar-refractivity contribution in [2.24, 2.45) is 52.3 Å². The fraction of sp³-hybridized carbons (Fsp3) is 0.963. The van der Waals surface area contributed by atoms with Crippen LogP contribution in [0.4, 0.5) is 0 Å². The molecular weight excluding hydrogens is 356 g/mol. The highest BCUT2D eigenvalue weighted by atomic mass is 16.3. The molecule has 166 valence electrons. The molecule has 9 atom stereocenters. The summed E-state index contributed by atoms with van der Waals surface area (Å²) in [5.74, 6) is 5.21. The Bertz CT molecular complexity index is 612. The highest BCUT2D eigenvalue weighted by molar-refractivity contribution is 5.83. The minimum Gasteiger partial charge on any atom is -0.393 e. The highest BCUT2D eigenvalue weighted by Crippen LogP contribution is 2.67. The van der Waals surface area contributed by atoms with Gasteiger partial charge in [-0.05, 0) is 91.3 Å². The van der Waals surface area contributed by atoms with Crippen molar-refractivity contribution >= 4 is 5.78 Å². The molecule has 0 aliphatic heterocycles. The van der Waals surface area contributed by atoms with Gasteiger partial charge >= 0.3 is 0 Å². The number of hydrogen-bond acceptors (Lipinski definition) is 2. The van der Waals surface area contributed by atoms with E-state index >= 15 is 0 Å². The van der Waals surface area contributed by atoms with Crippen LogP contribution in [0.3, 0.4) is 0 Å². The van der Waals surface area contributed by atoms with Crippen molar-refractivity contribution in [3.05, 3.63) is 0 Å². The quantitative estimate of drug-likeness (QED) is 0.559. The predicted molar refractivity (Wildman–Crippen MR) is 119 cm³/mol. The summed E-state index contributed by atoms with van der Waals surface area (Å²) in [5.41, 5.74) is 0.609. The third-order valence-electron chi connectivity index (χ3n) is 10.6. The maximum Gasteiger partial charge on any atom is 0.136 e. The fourth-order valence-corrected chi connectivity index (χ4v) is 9.04. The summed E-state index contributed by atoms with van der Waals surface area (Å²) in [6, 6.07) is 0. The van der Waals surface area contributed by atoms with Crippen molar-refractivity contribution in [1.82, 2.24) is 0 Å². The number of aliphatic hydroxyl groups excluding tert-OH is 1. The van der Waals surface area contributed by atoms with Crippen LogP contribution in [-0.4, -0.2) is 17.0 Å². The summed E-state index contributed by atoms with van der Waals surface area (Å²) in [7, 11) is 0. The van der Waals surface area contributed by atoms with E-state index in [4.69, 9.17) is 0 Å². The number of rotatable bonds is 5. The molecule has 29 heavy (non-hydrogen) atoms. The molecular formula is C27H46O2. The fourth-order valence-electron chi connectivity index (χ4n) is 9.04. The van der Waals surface area contributed by atoms with Crippen LogP contribution in [0.1, 0.15) is 105 Å². The monoisotopic (exact) mass is 402 g/mol. The van der Waals surface area contributed by atoms with Gasteiger partial charge in [0.15, 0.2) is 0 Å². The van der Waals surface area contributed by atoms with Crippen LogP contribution in [0.15, 0.2) is 0 Å². The first-order chi connectivity index (χ1) is 13.7. The van der Waals surface area contributed by atoms with Gasteiger partial charge in [0.2, 0.25) is 0 Å². The maximum absolute atomic E-state index is 13.2. The number of ketones is 1. The van der Waals surface area contributed by atoms with Crippen molar-refractivity contribution in [1.29, 1.82) is 0 Å². The Labute approximate surface area is 179 Å². The van der Waals surface area contributed by atoms with Crippen LogP contribution in [0.2, 0.25) is 0 Å². The van der Waals surface area contributed by atoms with Gasteiger partial charge in [0, 0.05) is 12.3 Å². The van der Waals surface area contributed by atoms with E-state index in [1.165, 1.54) is 44.9 Å². The Morgan fingerprint density at radius 3 is 2.38 bits per heavy atom. The third kappa shape index (κ3) is 3.64. The second-order valence-corrected chi connectivity index (χ2v) is 12.6. The SMILES string of the molecule is CC(C)CCC[C@H](C)[C@@H]1CC[C@@H]2[C@H]3CC(=O)[C@H]4C[C@H](O)CC[C@@]4(C)[C@@H]3CC[C@]21C. The Hall–Kier alpha value is -0.370. The van der Waals surface area contributed by atoms with Gasteiger partial charge < -0.3 is 5.11 Å². The predicted octanol–water partition coefficient (Wildman–Crippen LogP) is 6.65. The van der Waals surface area contributed by atoms with Gasteiger partial charge in [-0.25, -0.2) is 0 Å². The first-order valence-corrected chi connectivity index (χ1v) is 12.9. The lowest BCUT2D eigenvalue weighted by atomic mass is 9.44. The van der Waals surface area contributed by atoms with E-state index in [9.17, 15) is 9.90 Å². The van der Waals surface area contributed by atoms with Gasteiger partial charge in [0.1, 0.15) is 5.78 Å². The first-order valence-electron chi connectivity index (χ1n) is 12.9. The lowest BCUT2D eigenvalue weighted by Gasteiger charge is -2.60. The molecule has 4 fully saturated rings. The van der Waals surface area contributed by atoms with Crippen LogP contribution >= 0.6 is 0 Å². The molecule has 0 aromatic rings. The number of fused-ring (bicyclic) bond motifs is 5. The molecule has 4 rings (SSSR count). The number of hydrogen-bond donors (Lipinski definition) is 1. The van der Waals surface area contributed by atoms with Gasteiger partial charge in [-0.15, -0.1) is 0 Å². The standard InChI is InChI=1S/C27H46O2/c1-17(2)7-6-8-18(3)21-9-10-22-20-16-25(29)24-15-19(28)11-13-27(24,5)23(20)12-14-26(21,22)4/h17-24,28H,6-16H2,1-5H3/t18-,19+,20+,21-,22+,23+,24+,26-,27-/m0/s1.